The van der Waals surface area contributed by atoms with Gasteiger partial charge in [-0.2, -0.15) is 5.26 Å². The number of ether oxygens (including phenoxy) is 1. The first-order chi connectivity index (χ1) is 15.1. The van der Waals surface area contributed by atoms with Crippen LogP contribution in [-0.2, 0) is 9.53 Å². The maximum absolute atomic E-state index is 13.1. The third-order valence-corrected chi connectivity index (χ3v) is 6.90. The van der Waals surface area contributed by atoms with Crippen LogP contribution in [0.1, 0.15) is 44.6 Å². The summed E-state index contributed by atoms with van der Waals surface area (Å²) in [7, 11) is 0. The first-order valence-corrected chi connectivity index (χ1v) is 11.2. The molecule has 1 amide bonds. The highest BCUT2D eigenvalue weighted by Crippen LogP contribution is 2.38. The largest absolute Gasteiger partial charge is 0.364 e. The second kappa shape index (κ2) is 8.06. The Balaban J connectivity index is 1.33. The molecule has 162 valence electrons. The Bertz CT molecular complexity index is 1030. The van der Waals surface area contributed by atoms with Gasteiger partial charge in [-0.25, -0.2) is 0 Å². The number of nitrogens with zero attached hydrogens (tertiary/aromatic N) is 4. The zero-order valence-electron chi connectivity index (χ0n) is 17.8. The molecule has 8 heteroatoms. The fourth-order valence-electron chi connectivity index (χ4n) is 5.24. The number of hydrogen-bond donors (Lipinski definition) is 2. The van der Waals surface area contributed by atoms with E-state index in [-0.39, 0.29) is 23.6 Å². The Morgan fingerprint density at radius 1 is 1.29 bits per heavy atom. The highest BCUT2D eigenvalue weighted by atomic mass is 16.5. The number of rotatable bonds is 3. The topological polar surface area (TPSA) is 103 Å². The van der Waals surface area contributed by atoms with E-state index in [9.17, 15) is 10.1 Å². The van der Waals surface area contributed by atoms with Crippen LogP contribution in [-0.4, -0.2) is 59.3 Å². The van der Waals surface area contributed by atoms with E-state index in [4.69, 9.17) is 4.74 Å². The van der Waals surface area contributed by atoms with Crippen LogP contribution in [0, 0.1) is 11.3 Å². The molecule has 31 heavy (non-hydrogen) atoms. The molecule has 0 bridgehead atoms. The number of morpholine rings is 1. The molecule has 8 nitrogen and oxygen atoms in total. The average molecular weight is 421 g/mol. The van der Waals surface area contributed by atoms with Crippen LogP contribution < -0.4 is 15.5 Å². The van der Waals surface area contributed by atoms with Crippen molar-refractivity contribution in [3.63, 3.8) is 0 Å². The summed E-state index contributed by atoms with van der Waals surface area (Å²) in [4.78, 5) is 24.1. The van der Waals surface area contributed by atoms with Gasteiger partial charge < -0.3 is 20.3 Å². The van der Waals surface area contributed by atoms with Crippen LogP contribution in [0.15, 0.2) is 24.5 Å². The molecule has 0 radical (unpaired) electrons. The summed E-state index contributed by atoms with van der Waals surface area (Å²) in [5.74, 6) is -0.0399. The molecule has 3 heterocycles. The van der Waals surface area contributed by atoms with Crippen LogP contribution in [0.5, 0.6) is 0 Å². The highest BCUT2D eigenvalue weighted by molar-refractivity contribution is 5.92. The lowest BCUT2D eigenvalue weighted by Crippen LogP contribution is -2.61. The van der Waals surface area contributed by atoms with E-state index in [2.05, 4.69) is 31.6 Å². The molecule has 1 aromatic carbocycles. The van der Waals surface area contributed by atoms with Crippen molar-refractivity contribution in [2.45, 2.75) is 62.8 Å². The van der Waals surface area contributed by atoms with E-state index in [1.54, 1.807) is 18.5 Å². The fourth-order valence-corrected chi connectivity index (χ4v) is 5.24. The van der Waals surface area contributed by atoms with E-state index < -0.39 is 6.10 Å². The van der Waals surface area contributed by atoms with Gasteiger partial charge >= 0.3 is 0 Å². The first kappa shape index (κ1) is 20.2. The number of fused-ring (bicyclic) bond motifs is 1. The summed E-state index contributed by atoms with van der Waals surface area (Å²) >= 11 is 0. The second-order valence-corrected chi connectivity index (χ2v) is 9.10. The van der Waals surface area contributed by atoms with Crippen molar-refractivity contribution in [2.24, 2.45) is 0 Å². The molecule has 2 aliphatic heterocycles. The quantitative estimate of drug-likeness (QED) is 0.781. The number of benzene rings is 1. The van der Waals surface area contributed by atoms with Gasteiger partial charge in [-0.3, -0.25) is 14.8 Å². The lowest BCUT2D eigenvalue weighted by atomic mass is 9.70. The van der Waals surface area contributed by atoms with E-state index in [0.717, 1.165) is 25.1 Å². The maximum atomic E-state index is 13.1. The summed E-state index contributed by atoms with van der Waals surface area (Å²) in [6, 6.07) is 6.05. The SMILES string of the molecule is C[C@@H]1CN(c2ccc(C#N)c3nccnc23)C[C@H](C(=O)NC2CCNC3(CCC3)C2)O1. The number of piperidine rings is 1. The van der Waals surface area contributed by atoms with Crippen molar-refractivity contribution < 1.29 is 9.53 Å². The van der Waals surface area contributed by atoms with E-state index in [1.165, 1.54) is 19.3 Å². The Morgan fingerprint density at radius 3 is 2.84 bits per heavy atom. The smallest absolute Gasteiger partial charge is 0.251 e. The second-order valence-electron chi connectivity index (χ2n) is 9.10. The van der Waals surface area contributed by atoms with Crippen LogP contribution in [0.3, 0.4) is 0 Å². The van der Waals surface area contributed by atoms with Crippen LogP contribution in [0.2, 0.25) is 0 Å². The number of aromatic nitrogens is 2. The predicted molar refractivity (Wildman–Crippen MR) is 117 cm³/mol. The number of hydrogen-bond acceptors (Lipinski definition) is 7. The molecule has 3 fully saturated rings. The third-order valence-electron chi connectivity index (χ3n) is 6.90. The van der Waals surface area contributed by atoms with Crippen molar-refractivity contribution >= 4 is 22.6 Å². The van der Waals surface area contributed by atoms with Crippen molar-refractivity contribution in [2.75, 3.05) is 24.5 Å². The Kier molecular flexibility index (Phi) is 5.24. The molecule has 1 aliphatic carbocycles. The van der Waals surface area contributed by atoms with Crippen LogP contribution in [0.25, 0.3) is 11.0 Å². The molecule has 2 aromatic rings. The van der Waals surface area contributed by atoms with Gasteiger partial charge in [-0.05, 0) is 57.7 Å². The molecule has 2 N–H and O–H groups in total. The number of anilines is 1. The molecule has 3 aliphatic rings. The molecule has 1 aromatic heterocycles. The van der Waals surface area contributed by atoms with Gasteiger partial charge in [-0.1, -0.05) is 0 Å². The summed E-state index contributed by atoms with van der Waals surface area (Å²) in [6.07, 6.45) is 8.22. The van der Waals surface area contributed by atoms with Crippen molar-refractivity contribution in [1.29, 1.82) is 5.26 Å². The van der Waals surface area contributed by atoms with Crippen molar-refractivity contribution in [3.05, 3.63) is 30.1 Å². The number of nitrogens with one attached hydrogen (secondary N) is 2. The summed E-state index contributed by atoms with van der Waals surface area (Å²) in [6.45, 7) is 4.04. The number of amides is 1. The standard InChI is InChI=1S/C23H28N6O2/c1-15-13-29(18-4-3-16(12-24)20-21(18)26-10-9-25-20)14-19(31-15)22(30)28-17-5-8-27-23(11-17)6-2-7-23/h3-4,9-10,15,17,19,27H,2,5-8,11,13-14H2,1H3,(H,28,30)/t15-,17?,19-/m1/s1. The van der Waals surface area contributed by atoms with E-state index >= 15 is 0 Å². The number of carbonyl (C=O) groups is 1. The monoisotopic (exact) mass is 420 g/mol. The lowest BCUT2D eigenvalue weighted by Gasteiger charge is -2.48. The molecule has 1 saturated carbocycles. The van der Waals surface area contributed by atoms with Gasteiger partial charge in [0, 0.05) is 30.5 Å². The third kappa shape index (κ3) is 3.84. The summed E-state index contributed by atoms with van der Waals surface area (Å²) in [5.41, 5.74) is 2.88. The van der Waals surface area contributed by atoms with Crippen LogP contribution in [0.4, 0.5) is 5.69 Å². The molecule has 2 saturated heterocycles. The van der Waals surface area contributed by atoms with Gasteiger partial charge in [0.15, 0.2) is 6.10 Å². The number of carbonyl (C=O) groups excluding carboxylic acids is 1. The maximum Gasteiger partial charge on any atom is 0.251 e. The van der Waals surface area contributed by atoms with Gasteiger partial charge in [0.25, 0.3) is 5.91 Å². The van der Waals surface area contributed by atoms with Crippen LogP contribution >= 0.6 is 0 Å². The molecule has 5 rings (SSSR count). The first-order valence-electron chi connectivity index (χ1n) is 11.2. The molecule has 3 atom stereocenters. The predicted octanol–water partition coefficient (Wildman–Crippen LogP) is 1.89. The van der Waals surface area contributed by atoms with E-state index in [0.29, 0.717) is 29.7 Å². The average Bonchev–Trinajstić information content (AvgIpc) is 2.77. The van der Waals surface area contributed by atoms with Gasteiger partial charge in [0.05, 0.1) is 23.9 Å². The van der Waals surface area contributed by atoms with Gasteiger partial charge in [0.1, 0.15) is 17.1 Å². The minimum Gasteiger partial charge on any atom is -0.364 e. The van der Waals surface area contributed by atoms with Gasteiger partial charge in [-0.15, -0.1) is 0 Å². The molecular formula is C23H28N6O2. The fraction of sp³-hybridized carbons (Fsp3) is 0.565. The Labute approximate surface area is 182 Å². The Hall–Kier alpha value is -2.76. The lowest BCUT2D eigenvalue weighted by molar-refractivity contribution is -0.138. The molecule has 1 spiro atoms. The normalized spacial score (nSPS) is 27.5. The minimum atomic E-state index is -0.543. The summed E-state index contributed by atoms with van der Waals surface area (Å²) in [5, 5.41) is 16.3. The van der Waals surface area contributed by atoms with Crippen molar-refractivity contribution in [1.82, 2.24) is 20.6 Å². The zero-order chi connectivity index (χ0) is 21.4. The zero-order valence-corrected chi connectivity index (χ0v) is 17.8. The number of nitriles is 1. The molecule has 1 unspecified atom stereocenters. The van der Waals surface area contributed by atoms with Crippen molar-refractivity contribution in [3.8, 4) is 6.07 Å². The molecular weight excluding hydrogens is 392 g/mol. The minimum absolute atomic E-state index is 0.0399. The summed E-state index contributed by atoms with van der Waals surface area (Å²) < 4.78 is 6.03. The Morgan fingerprint density at radius 2 is 2.10 bits per heavy atom. The highest BCUT2D eigenvalue weighted by Gasteiger charge is 2.42. The van der Waals surface area contributed by atoms with E-state index in [1.807, 2.05) is 13.0 Å². The van der Waals surface area contributed by atoms with Gasteiger partial charge in [0.2, 0.25) is 0 Å².